The third kappa shape index (κ3) is 3.13. The lowest BCUT2D eigenvalue weighted by atomic mass is 10.0. The number of piperidine rings is 1. The molecule has 21 heavy (non-hydrogen) atoms. The maximum absolute atomic E-state index is 6.04. The third-order valence-electron chi connectivity index (χ3n) is 4.55. The summed E-state index contributed by atoms with van der Waals surface area (Å²) in [6.07, 6.45) is 5.06. The molecule has 0 aliphatic carbocycles. The molecule has 2 aromatic carbocycles. The molecule has 112 valence electrons. The van der Waals surface area contributed by atoms with Gasteiger partial charge in [0.25, 0.3) is 0 Å². The van der Waals surface area contributed by atoms with Crippen LogP contribution in [-0.2, 0) is 0 Å². The normalized spacial score (nSPS) is 19.8. The summed E-state index contributed by atoms with van der Waals surface area (Å²) in [5, 5.41) is 2.18. The van der Waals surface area contributed by atoms with Crippen molar-refractivity contribution in [3.05, 3.63) is 36.4 Å². The van der Waals surface area contributed by atoms with E-state index in [-0.39, 0.29) is 0 Å². The largest absolute Gasteiger partial charge is 0.493 e. The van der Waals surface area contributed by atoms with Crippen molar-refractivity contribution in [3.8, 4) is 5.75 Å². The van der Waals surface area contributed by atoms with Gasteiger partial charge < -0.3 is 15.4 Å². The zero-order valence-corrected chi connectivity index (χ0v) is 12.7. The van der Waals surface area contributed by atoms with Crippen LogP contribution in [0.15, 0.2) is 36.4 Å². The topological polar surface area (TPSA) is 38.5 Å². The van der Waals surface area contributed by atoms with Crippen molar-refractivity contribution in [3.63, 3.8) is 0 Å². The van der Waals surface area contributed by atoms with E-state index in [1.807, 2.05) is 30.3 Å². The maximum Gasteiger partial charge on any atom is 0.127 e. The summed E-state index contributed by atoms with van der Waals surface area (Å²) in [4.78, 5) is 2.47. The summed E-state index contributed by atoms with van der Waals surface area (Å²) in [6.45, 7) is 1.98. The highest BCUT2D eigenvalue weighted by molar-refractivity contribution is 5.96. The number of hydrogen-bond donors (Lipinski definition) is 1. The van der Waals surface area contributed by atoms with Crippen molar-refractivity contribution in [1.29, 1.82) is 0 Å². The minimum atomic E-state index is 0.666. The molecule has 2 aromatic rings. The van der Waals surface area contributed by atoms with E-state index in [4.69, 9.17) is 10.5 Å². The number of nitrogens with two attached hydrogens (primary N) is 1. The second-order valence-electron chi connectivity index (χ2n) is 5.97. The smallest absolute Gasteiger partial charge is 0.127 e. The highest BCUT2D eigenvalue weighted by atomic mass is 16.5. The molecule has 0 spiro atoms. The van der Waals surface area contributed by atoms with Gasteiger partial charge in [0, 0.05) is 22.5 Å². The van der Waals surface area contributed by atoms with Gasteiger partial charge in [-0.1, -0.05) is 30.7 Å². The van der Waals surface area contributed by atoms with Gasteiger partial charge >= 0.3 is 0 Å². The van der Waals surface area contributed by atoms with Crippen molar-refractivity contribution < 1.29 is 4.74 Å². The van der Waals surface area contributed by atoms with Crippen molar-refractivity contribution in [1.82, 2.24) is 4.90 Å². The second-order valence-corrected chi connectivity index (χ2v) is 5.97. The lowest BCUT2D eigenvalue weighted by Gasteiger charge is -2.32. The Morgan fingerprint density at radius 1 is 1.14 bits per heavy atom. The Morgan fingerprint density at radius 2 is 1.95 bits per heavy atom. The molecule has 3 nitrogen and oxygen atoms in total. The molecule has 3 heteroatoms. The van der Waals surface area contributed by atoms with Gasteiger partial charge in [-0.05, 0) is 45.0 Å². The predicted octanol–water partition coefficient (Wildman–Crippen LogP) is 3.68. The number of ether oxygens (including phenoxy) is 1. The Morgan fingerprint density at radius 3 is 2.76 bits per heavy atom. The summed E-state index contributed by atoms with van der Waals surface area (Å²) in [6, 6.07) is 12.8. The molecule has 1 unspecified atom stereocenters. The number of benzene rings is 2. The molecule has 1 saturated heterocycles. The number of likely N-dealkylation sites (tertiary alicyclic amines) is 1. The number of rotatable bonds is 4. The Bertz CT molecular complexity index is 611. The van der Waals surface area contributed by atoms with Gasteiger partial charge in [0.2, 0.25) is 0 Å². The maximum atomic E-state index is 6.04. The van der Waals surface area contributed by atoms with Crippen molar-refractivity contribution in [2.75, 3.05) is 25.9 Å². The van der Waals surface area contributed by atoms with E-state index in [1.165, 1.54) is 25.8 Å². The average Bonchev–Trinajstić information content (AvgIpc) is 2.52. The molecule has 0 amide bonds. The fourth-order valence-corrected chi connectivity index (χ4v) is 3.23. The average molecular weight is 284 g/mol. The quantitative estimate of drug-likeness (QED) is 0.871. The van der Waals surface area contributed by atoms with Crippen LogP contribution in [0, 0.1) is 0 Å². The lowest BCUT2D eigenvalue weighted by molar-refractivity contribution is 0.153. The summed E-state index contributed by atoms with van der Waals surface area (Å²) in [7, 11) is 2.22. The van der Waals surface area contributed by atoms with Crippen molar-refractivity contribution in [2.45, 2.75) is 31.7 Å². The van der Waals surface area contributed by atoms with Gasteiger partial charge in [-0.2, -0.15) is 0 Å². The minimum absolute atomic E-state index is 0.666. The fraction of sp³-hybridized carbons (Fsp3) is 0.444. The predicted molar refractivity (Wildman–Crippen MR) is 88.7 cm³/mol. The number of hydrogen-bond acceptors (Lipinski definition) is 3. The van der Waals surface area contributed by atoms with Gasteiger partial charge in [-0.25, -0.2) is 0 Å². The molecule has 0 bridgehead atoms. The summed E-state index contributed by atoms with van der Waals surface area (Å²) in [5.74, 6) is 0.943. The molecule has 1 fully saturated rings. The Balaban J connectivity index is 1.67. The first-order valence-corrected chi connectivity index (χ1v) is 7.86. The van der Waals surface area contributed by atoms with E-state index in [9.17, 15) is 0 Å². The van der Waals surface area contributed by atoms with Gasteiger partial charge in [0.05, 0.1) is 6.61 Å². The van der Waals surface area contributed by atoms with E-state index in [1.54, 1.807) is 0 Å². The standard InChI is InChI=1S/C18H24N2O/c1-20-12-5-4-6-14(20)11-13-21-18-10-9-17(19)15-7-2-3-8-16(15)18/h2-3,7-10,14H,4-6,11-13,19H2,1H3. The van der Waals surface area contributed by atoms with Crippen LogP contribution < -0.4 is 10.5 Å². The van der Waals surface area contributed by atoms with Gasteiger partial charge in [-0.15, -0.1) is 0 Å². The summed E-state index contributed by atoms with van der Waals surface area (Å²) in [5.41, 5.74) is 6.84. The number of nitrogen functional groups attached to an aromatic ring is 1. The van der Waals surface area contributed by atoms with Crippen LogP contribution in [0.3, 0.4) is 0 Å². The molecule has 2 N–H and O–H groups in total. The second kappa shape index (κ2) is 6.35. The molecular weight excluding hydrogens is 260 g/mol. The number of fused-ring (bicyclic) bond motifs is 1. The van der Waals surface area contributed by atoms with Crippen LogP contribution in [0.25, 0.3) is 10.8 Å². The Labute approximate surface area is 126 Å². The van der Waals surface area contributed by atoms with Crippen LogP contribution in [0.5, 0.6) is 5.75 Å². The molecule has 0 saturated carbocycles. The minimum Gasteiger partial charge on any atom is -0.493 e. The Kier molecular flexibility index (Phi) is 4.30. The molecule has 0 radical (unpaired) electrons. The first-order chi connectivity index (χ1) is 10.3. The van der Waals surface area contributed by atoms with E-state index in [0.717, 1.165) is 35.2 Å². The SMILES string of the molecule is CN1CCCCC1CCOc1ccc(N)c2ccccc12. The highest BCUT2D eigenvalue weighted by Crippen LogP contribution is 2.30. The third-order valence-corrected chi connectivity index (χ3v) is 4.55. The molecule has 1 aliphatic rings. The van der Waals surface area contributed by atoms with Gasteiger partial charge in [0.15, 0.2) is 0 Å². The first kappa shape index (κ1) is 14.2. The monoisotopic (exact) mass is 284 g/mol. The molecule has 1 atom stereocenters. The van der Waals surface area contributed by atoms with E-state index in [0.29, 0.717) is 6.04 Å². The van der Waals surface area contributed by atoms with E-state index in [2.05, 4.69) is 18.0 Å². The van der Waals surface area contributed by atoms with E-state index < -0.39 is 0 Å². The molecule has 1 aliphatic heterocycles. The zero-order chi connectivity index (χ0) is 14.7. The van der Waals surface area contributed by atoms with Crippen LogP contribution >= 0.6 is 0 Å². The van der Waals surface area contributed by atoms with E-state index >= 15 is 0 Å². The van der Waals surface area contributed by atoms with Crippen LogP contribution in [-0.4, -0.2) is 31.1 Å². The molecular formula is C18H24N2O. The van der Waals surface area contributed by atoms with Crippen molar-refractivity contribution in [2.24, 2.45) is 0 Å². The van der Waals surface area contributed by atoms with Crippen LogP contribution in [0.1, 0.15) is 25.7 Å². The van der Waals surface area contributed by atoms with Crippen molar-refractivity contribution >= 4 is 16.5 Å². The number of anilines is 1. The molecule has 1 heterocycles. The van der Waals surface area contributed by atoms with Crippen LogP contribution in [0.2, 0.25) is 0 Å². The fourth-order valence-electron chi connectivity index (χ4n) is 3.23. The summed E-state index contributed by atoms with van der Waals surface area (Å²) < 4.78 is 6.04. The highest BCUT2D eigenvalue weighted by Gasteiger charge is 2.18. The Hall–Kier alpha value is -1.74. The number of nitrogens with zero attached hydrogens (tertiary/aromatic N) is 1. The van der Waals surface area contributed by atoms with Gasteiger partial charge in [0.1, 0.15) is 5.75 Å². The molecule has 3 rings (SSSR count). The van der Waals surface area contributed by atoms with Crippen LogP contribution in [0.4, 0.5) is 5.69 Å². The lowest BCUT2D eigenvalue weighted by Crippen LogP contribution is -2.37. The first-order valence-electron chi connectivity index (χ1n) is 7.86. The zero-order valence-electron chi connectivity index (χ0n) is 12.7. The molecule has 0 aromatic heterocycles. The van der Waals surface area contributed by atoms with Gasteiger partial charge in [-0.3, -0.25) is 0 Å². The summed E-state index contributed by atoms with van der Waals surface area (Å²) >= 11 is 0.